The molecule has 7 heteroatoms. The average molecular weight is 265 g/mol. The highest BCUT2D eigenvalue weighted by atomic mass is 16.5. The van der Waals surface area contributed by atoms with Crippen LogP contribution in [-0.4, -0.2) is 28.9 Å². The Kier molecular flexibility index (Phi) is 3.64. The second-order valence-electron chi connectivity index (χ2n) is 4.55. The molecule has 2 rings (SSSR count). The van der Waals surface area contributed by atoms with Crippen molar-refractivity contribution >= 4 is 17.7 Å². The zero-order chi connectivity index (χ0) is 14.0. The molecule has 3 amide bonds. The van der Waals surface area contributed by atoms with Crippen LogP contribution in [0.15, 0.2) is 4.52 Å². The van der Waals surface area contributed by atoms with Gasteiger partial charge in [-0.2, -0.15) is 0 Å². The number of rotatable bonds is 3. The maximum atomic E-state index is 11.9. The Balaban J connectivity index is 1.95. The zero-order valence-electron chi connectivity index (χ0n) is 10.8. The number of hydrogen-bond acceptors (Lipinski definition) is 5. The lowest BCUT2D eigenvalue weighted by molar-refractivity contribution is -0.137. The van der Waals surface area contributed by atoms with Gasteiger partial charge in [0.2, 0.25) is 17.7 Å². The van der Waals surface area contributed by atoms with Crippen LogP contribution in [0.3, 0.4) is 0 Å². The molecule has 1 atom stereocenters. The predicted octanol–water partition coefficient (Wildman–Crippen LogP) is -0.245. The van der Waals surface area contributed by atoms with Crippen molar-refractivity contribution in [3.63, 3.8) is 0 Å². The molecule has 19 heavy (non-hydrogen) atoms. The highest BCUT2D eigenvalue weighted by molar-refractivity contribution is 6.01. The van der Waals surface area contributed by atoms with Crippen LogP contribution >= 0.6 is 0 Å². The molecule has 7 nitrogen and oxygen atoms in total. The molecule has 1 aliphatic heterocycles. The molecule has 1 aliphatic rings. The van der Waals surface area contributed by atoms with Gasteiger partial charge in [0.15, 0.2) is 0 Å². The third-order valence-electron chi connectivity index (χ3n) is 3.09. The van der Waals surface area contributed by atoms with Crippen molar-refractivity contribution < 1.29 is 18.9 Å². The summed E-state index contributed by atoms with van der Waals surface area (Å²) in [5.74, 6) is -0.454. The molecule has 1 saturated heterocycles. The fourth-order valence-corrected chi connectivity index (χ4v) is 1.99. The molecule has 1 unspecified atom stereocenters. The molecule has 0 bridgehead atoms. The van der Waals surface area contributed by atoms with Crippen LogP contribution in [0.1, 0.15) is 29.9 Å². The summed E-state index contributed by atoms with van der Waals surface area (Å²) in [4.78, 5) is 34.3. The first-order valence-corrected chi connectivity index (χ1v) is 6.02. The van der Waals surface area contributed by atoms with Gasteiger partial charge in [-0.1, -0.05) is 5.16 Å². The van der Waals surface area contributed by atoms with Gasteiger partial charge in [0.25, 0.3) is 0 Å². The first kappa shape index (κ1) is 13.3. The molecule has 1 aromatic heterocycles. The third kappa shape index (κ3) is 2.98. The van der Waals surface area contributed by atoms with Gasteiger partial charge in [-0.15, -0.1) is 0 Å². The number of nitrogens with zero attached hydrogens (tertiary/aromatic N) is 1. The molecular weight excluding hydrogens is 250 g/mol. The average Bonchev–Trinajstić information content (AvgIpc) is 2.65. The van der Waals surface area contributed by atoms with E-state index in [1.807, 2.05) is 0 Å². The summed E-state index contributed by atoms with van der Waals surface area (Å²) in [5.41, 5.74) is 1.39. The van der Waals surface area contributed by atoms with E-state index in [9.17, 15) is 14.4 Å². The van der Waals surface area contributed by atoms with Crippen molar-refractivity contribution in [1.29, 1.82) is 0 Å². The monoisotopic (exact) mass is 265 g/mol. The molecule has 0 aromatic carbocycles. The summed E-state index contributed by atoms with van der Waals surface area (Å²) in [6, 6.07) is -0.648. The Labute approximate surface area is 109 Å². The third-order valence-corrected chi connectivity index (χ3v) is 3.09. The van der Waals surface area contributed by atoms with Gasteiger partial charge in [0.05, 0.1) is 12.1 Å². The first-order chi connectivity index (χ1) is 8.97. The Morgan fingerprint density at radius 2 is 2.21 bits per heavy atom. The Morgan fingerprint density at radius 1 is 1.47 bits per heavy atom. The van der Waals surface area contributed by atoms with E-state index in [1.165, 1.54) is 0 Å². The normalized spacial score (nSPS) is 19.2. The van der Waals surface area contributed by atoms with E-state index in [4.69, 9.17) is 4.52 Å². The molecule has 2 heterocycles. The maximum Gasteiger partial charge on any atom is 0.249 e. The maximum absolute atomic E-state index is 11.9. The highest BCUT2D eigenvalue weighted by Gasteiger charge is 2.28. The van der Waals surface area contributed by atoms with E-state index >= 15 is 0 Å². The topological polar surface area (TPSA) is 101 Å². The van der Waals surface area contributed by atoms with Crippen molar-refractivity contribution in [2.75, 3.05) is 0 Å². The number of aromatic nitrogens is 1. The van der Waals surface area contributed by atoms with Gasteiger partial charge in [0.1, 0.15) is 11.8 Å². The van der Waals surface area contributed by atoms with Crippen LogP contribution in [0.4, 0.5) is 0 Å². The summed E-state index contributed by atoms with van der Waals surface area (Å²) in [5, 5.41) is 8.56. The van der Waals surface area contributed by atoms with Gasteiger partial charge in [-0.3, -0.25) is 19.7 Å². The van der Waals surface area contributed by atoms with Crippen LogP contribution < -0.4 is 10.6 Å². The second-order valence-corrected chi connectivity index (χ2v) is 4.55. The van der Waals surface area contributed by atoms with Gasteiger partial charge in [-0.05, 0) is 20.3 Å². The first-order valence-electron chi connectivity index (χ1n) is 6.02. The number of carbonyl (C=O) groups excluding carboxylic acids is 3. The Hall–Kier alpha value is -2.18. The number of carbonyl (C=O) groups is 3. The van der Waals surface area contributed by atoms with E-state index < -0.39 is 11.9 Å². The molecule has 102 valence electrons. The molecule has 1 aromatic rings. The van der Waals surface area contributed by atoms with Gasteiger partial charge in [0, 0.05) is 12.0 Å². The van der Waals surface area contributed by atoms with E-state index in [2.05, 4.69) is 15.8 Å². The van der Waals surface area contributed by atoms with Crippen LogP contribution in [0.5, 0.6) is 0 Å². The number of nitrogens with one attached hydrogen (secondary N) is 2. The van der Waals surface area contributed by atoms with Crippen molar-refractivity contribution in [3.8, 4) is 0 Å². The van der Waals surface area contributed by atoms with Crippen LogP contribution in [-0.2, 0) is 20.8 Å². The molecule has 2 N–H and O–H groups in total. The smallest absolute Gasteiger partial charge is 0.249 e. The summed E-state index contributed by atoms with van der Waals surface area (Å²) in [6.07, 6.45) is 0.679. The number of hydrogen-bond donors (Lipinski definition) is 2. The van der Waals surface area contributed by atoms with E-state index in [0.717, 1.165) is 5.56 Å². The van der Waals surface area contributed by atoms with E-state index in [1.54, 1.807) is 13.8 Å². The number of imide groups is 1. The lowest BCUT2D eigenvalue weighted by Crippen LogP contribution is -2.52. The highest BCUT2D eigenvalue weighted by Crippen LogP contribution is 2.13. The standard InChI is InChI=1S/C12H15N3O4/c1-6-8(7(2)19-15-6)5-11(17)13-9-3-4-10(16)14-12(9)18/h9H,3-5H2,1-2H3,(H,13,17)(H,14,16,18). The minimum absolute atomic E-state index is 0.110. The lowest BCUT2D eigenvalue weighted by Gasteiger charge is -2.21. The van der Waals surface area contributed by atoms with Crippen molar-refractivity contribution in [1.82, 2.24) is 15.8 Å². The lowest BCUT2D eigenvalue weighted by atomic mass is 10.1. The molecule has 0 aliphatic carbocycles. The summed E-state index contributed by atoms with van der Waals surface area (Å²) in [6.45, 7) is 3.49. The summed E-state index contributed by atoms with van der Waals surface area (Å²) >= 11 is 0. The van der Waals surface area contributed by atoms with Crippen molar-refractivity contribution in [3.05, 3.63) is 17.0 Å². The van der Waals surface area contributed by atoms with E-state index in [-0.39, 0.29) is 24.7 Å². The molecule has 0 radical (unpaired) electrons. The van der Waals surface area contributed by atoms with Gasteiger partial charge in [-0.25, -0.2) is 0 Å². The van der Waals surface area contributed by atoms with Gasteiger partial charge >= 0.3 is 0 Å². The van der Waals surface area contributed by atoms with E-state index in [0.29, 0.717) is 17.9 Å². The molecule has 1 fully saturated rings. The van der Waals surface area contributed by atoms with Crippen LogP contribution in [0, 0.1) is 13.8 Å². The largest absolute Gasteiger partial charge is 0.361 e. The minimum atomic E-state index is -0.648. The Morgan fingerprint density at radius 3 is 2.79 bits per heavy atom. The quantitative estimate of drug-likeness (QED) is 0.734. The van der Waals surface area contributed by atoms with Crippen molar-refractivity contribution in [2.45, 2.75) is 39.2 Å². The van der Waals surface area contributed by atoms with Gasteiger partial charge < -0.3 is 9.84 Å². The summed E-state index contributed by atoms with van der Waals surface area (Å²) in [7, 11) is 0. The molecular formula is C12H15N3O4. The molecule has 0 saturated carbocycles. The number of aryl methyl sites for hydroxylation is 2. The van der Waals surface area contributed by atoms with Crippen LogP contribution in [0.2, 0.25) is 0 Å². The minimum Gasteiger partial charge on any atom is -0.361 e. The van der Waals surface area contributed by atoms with Crippen LogP contribution in [0.25, 0.3) is 0 Å². The number of amides is 3. The SMILES string of the molecule is Cc1noc(C)c1CC(=O)NC1CCC(=O)NC1=O. The molecule has 0 spiro atoms. The second kappa shape index (κ2) is 5.21. The fourth-order valence-electron chi connectivity index (χ4n) is 1.99. The zero-order valence-corrected chi connectivity index (χ0v) is 10.8. The van der Waals surface area contributed by atoms with Crippen molar-refractivity contribution in [2.24, 2.45) is 0 Å². The summed E-state index contributed by atoms with van der Waals surface area (Å²) < 4.78 is 4.97. The number of piperidine rings is 1. The predicted molar refractivity (Wildman–Crippen MR) is 64.0 cm³/mol. The fraction of sp³-hybridized carbons (Fsp3) is 0.500. The Bertz CT molecular complexity index is 516.